The lowest BCUT2D eigenvalue weighted by molar-refractivity contribution is 0.0601. The number of hydrogen-bond acceptors (Lipinski definition) is 3. The largest absolute Gasteiger partial charge is 0.396 e. The van der Waals surface area contributed by atoms with Crippen LogP contribution in [0.3, 0.4) is 0 Å². The van der Waals surface area contributed by atoms with Crippen molar-refractivity contribution in [3.63, 3.8) is 0 Å². The van der Waals surface area contributed by atoms with Crippen LogP contribution in [-0.4, -0.2) is 49.8 Å². The van der Waals surface area contributed by atoms with E-state index in [-0.39, 0.29) is 0 Å². The van der Waals surface area contributed by atoms with Crippen LogP contribution in [-0.2, 0) is 0 Å². The normalized spacial score (nSPS) is 31.5. The second-order valence-electron chi connectivity index (χ2n) is 5.60. The number of likely N-dealkylation sites (tertiary alicyclic amines) is 1. The van der Waals surface area contributed by atoms with E-state index in [9.17, 15) is 5.11 Å². The number of piperidine rings is 2. The molecule has 2 atom stereocenters. The van der Waals surface area contributed by atoms with Gasteiger partial charge < -0.3 is 15.3 Å². The molecule has 2 aliphatic heterocycles. The highest BCUT2D eigenvalue weighted by Gasteiger charge is 2.31. The summed E-state index contributed by atoms with van der Waals surface area (Å²) < 4.78 is 0. The molecule has 0 aromatic rings. The van der Waals surface area contributed by atoms with Gasteiger partial charge in [0.15, 0.2) is 0 Å². The summed E-state index contributed by atoms with van der Waals surface area (Å²) in [5.74, 6) is 2.03. The predicted molar refractivity (Wildman–Crippen MR) is 66.4 cm³/mol. The van der Waals surface area contributed by atoms with E-state index < -0.39 is 0 Å². The van der Waals surface area contributed by atoms with Gasteiger partial charge in [0.2, 0.25) is 0 Å². The van der Waals surface area contributed by atoms with Gasteiger partial charge in [0.25, 0.3) is 0 Å². The molecule has 3 nitrogen and oxygen atoms in total. The molecule has 2 aliphatic rings. The van der Waals surface area contributed by atoms with Crippen LogP contribution in [0.2, 0.25) is 0 Å². The summed E-state index contributed by atoms with van der Waals surface area (Å²) in [6, 6.07) is 0. The zero-order valence-corrected chi connectivity index (χ0v) is 10.5. The third-order valence-electron chi connectivity index (χ3n) is 4.47. The van der Waals surface area contributed by atoms with Crippen molar-refractivity contribution in [2.45, 2.75) is 25.7 Å². The first-order valence-electron chi connectivity index (χ1n) is 6.81. The first kappa shape index (κ1) is 12.3. The lowest BCUT2D eigenvalue weighted by Gasteiger charge is -2.39. The smallest absolute Gasteiger partial charge is 0.0465 e. The summed E-state index contributed by atoms with van der Waals surface area (Å²) >= 11 is 0. The molecule has 0 bridgehead atoms. The molecular formula is C13H26N2O. The highest BCUT2D eigenvalue weighted by molar-refractivity contribution is 4.84. The van der Waals surface area contributed by atoms with Crippen LogP contribution in [0.25, 0.3) is 0 Å². The van der Waals surface area contributed by atoms with E-state index in [1.807, 2.05) is 0 Å². The summed E-state index contributed by atoms with van der Waals surface area (Å²) in [7, 11) is 2.21. The van der Waals surface area contributed by atoms with Crippen molar-refractivity contribution in [2.75, 3.05) is 39.8 Å². The van der Waals surface area contributed by atoms with Gasteiger partial charge in [-0.05, 0) is 70.1 Å². The fraction of sp³-hybridized carbons (Fsp3) is 1.00. The third kappa shape index (κ3) is 2.96. The second kappa shape index (κ2) is 5.99. The van der Waals surface area contributed by atoms with Gasteiger partial charge in [0.1, 0.15) is 0 Å². The van der Waals surface area contributed by atoms with E-state index in [0.717, 1.165) is 24.9 Å². The molecule has 3 heteroatoms. The zero-order valence-electron chi connectivity index (χ0n) is 10.5. The minimum Gasteiger partial charge on any atom is -0.396 e. The van der Waals surface area contributed by atoms with E-state index in [1.54, 1.807) is 0 Å². The summed E-state index contributed by atoms with van der Waals surface area (Å²) in [6.07, 6.45) is 5.14. The van der Waals surface area contributed by atoms with Crippen LogP contribution < -0.4 is 5.32 Å². The van der Waals surface area contributed by atoms with Gasteiger partial charge in [-0.15, -0.1) is 0 Å². The molecule has 0 radical (unpaired) electrons. The van der Waals surface area contributed by atoms with E-state index in [4.69, 9.17) is 0 Å². The highest BCUT2D eigenvalue weighted by atomic mass is 16.3. The Morgan fingerprint density at radius 3 is 2.62 bits per heavy atom. The number of aliphatic hydroxyl groups excluding tert-OH is 1. The Morgan fingerprint density at radius 2 is 2.00 bits per heavy atom. The van der Waals surface area contributed by atoms with Crippen LogP contribution in [0.1, 0.15) is 25.7 Å². The summed E-state index contributed by atoms with van der Waals surface area (Å²) in [4.78, 5) is 2.43. The lowest BCUT2D eigenvalue weighted by atomic mass is 9.74. The van der Waals surface area contributed by atoms with E-state index in [0.29, 0.717) is 12.5 Å². The van der Waals surface area contributed by atoms with Gasteiger partial charge in [-0.2, -0.15) is 0 Å². The Balaban J connectivity index is 1.91. The summed E-state index contributed by atoms with van der Waals surface area (Å²) in [6.45, 7) is 5.10. The Kier molecular flexibility index (Phi) is 4.62. The molecule has 2 N–H and O–H groups in total. The Labute approximate surface area is 99.2 Å². The fourth-order valence-corrected chi connectivity index (χ4v) is 3.51. The molecule has 2 fully saturated rings. The van der Waals surface area contributed by atoms with Gasteiger partial charge >= 0.3 is 0 Å². The maximum absolute atomic E-state index is 9.68. The Bertz CT molecular complexity index is 204. The molecule has 94 valence electrons. The quantitative estimate of drug-likeness (QED) is 0.752. The molecule has 0 amide bonds. The minimum absolute atomic E-state index is 0.392. The van der Waals surface area contributed by atoms with Crippen molar-refractivity contribution in [1.82, 2.24) is 10.2 Å². The molecule has 2 unspecified atom stereocenters. The number of hydrogen-bond donors (Lipinski definition) is 2. The average molecular weight is 226 g/mol. The first-order chi connectivity index (χ1) is 7.81. The predicted octanol–water partition coefficient (Wildman–Crippen LogP) is 0.936. The monoisotopic (exact) mass is 226 g/mol. The molecule has 0 saturated carbocycles. The van der Waals surface area contributed by atoms with Crippen LogP contribution in [0.4, 0.5) is 0 Å². The van der Waals surface area contributed by atoms with Crippen LogP contribution >= 0.6 is 0 Å². The SMILES string of the molecule is CN1CCCC(C(CO)C2CCNCC2)C1. The van der Waals surface area contributed by atoms with E-state index >= 15 is 0 Å². The molecule has 0 aliphatic carbocycles. The number of aliphatic hydroxyl groups is 1. The number of nitrogens with zero attached hydrogens (tertiary/aromatic N) is 1. The Morgan fingerprint density at radius 1 is 1.25 bits per heavy atom. The van der Waals surface area contributed by atoms with Gasteiger partial charge in [0, 0.05) is 13.2 Å². The molecule has 2 rings (SSSR count). The van der Waals surface area contributed by atoms with Gasteiger partial charge in [-0.25, -0.2) is 0 Å². The first-order valence-corrected chi connectivity index (χ1v) is 6.81. The standard InChI is InChI=1S/C13H26N2O/c1-15-8-2-3-12(9-15)13(10-16)11-4-6-14-7-5-11/h11-14,16H,2-10H2,1H3. The van der Waals surface area contributed by atoms with Gasteiger partial charge in [-0.3, -0.25) is 0 Å². The average Bonchev–Trinajstić information content (AvgIpc) is 2.31. The van der Waals surface area contributed by atoms with Gasteiger partial charge in [0.05, 0.1) is 0 Å². The number of nitrogens with one attached hydrogen (secondary N) is 1. The van der Waals surface area contributed by atoms with Crippen molar-refractivity contribution < 1.29 is 5.11 Å². The van der Waals surface area contributed by atoms with Crippen LogP contribution in [0, 0.1) is 17.8 Å². The lowest BCUT2D eigenvalue weighted by Crippen LogP contribution is -2.42. The number of rotatable bonds is 3. The van der Waals surface area contributed by atoms with E-state index in [1.165, 1.54) is 38.8 Å². The molecule has 2 saturated heterocycles. The molecule has 0 spiro atoms. The van der Waals surface area contributed by atoms with Crippen molar-refractivity contribution in [3.05, 3.63) is 0 Å². The maximum Gasteiger partial charge on any atom is 0.0465 e. The van der Waals surface area contributed by atoms with Crippen LogP contribution in [0.5, 0.6) is 0 Å². The second-order valence-corrected chi connectivity index (χ2v) is 5.60. The topological polar surface area (TPSA) is 35.5 Å². The Hall–Kier alpha value is -0.120. The molecular weight excluding hydrogens is 200 g/mol. The van der Waals surface area contributed by atoms with Crippen LogP contribution in [0.15, 0.2) is 0 Å². The highest BCUT2D eigenvalue weighted by Crippen LogP contribution is 2.32. The van der Waals surface area contributed by atoms with Gasteiger partial charge in [-0.1, -0.05) is 0 Å². The van der Waals surface area contributed by atoms with E-state index in [2.05, 4.69) is 17.3 Å². The molecule has 16 heavy (non-hydrogen) atoms. The maximum atomic E-state index is 9.68. The summed E-state index contributed by atoms with van der Waals surface area (Å²) in [5, 5.41) is 13.1. The minimum atomic E-state index is 0.392. The zero-order chi connectivity index (χ0) is 11.4. The molecule has 0 aromatic heterocycles. The third-order valence-corrected chi connectivity index (χ3v) is 4.47. The molecule has 2 heterocycles. The van der Waals surface area contributed by atoms with Crippen molar-refractivity contribution in [2.24, 2.45) is 17.8 Å². The molecule has 0 aromatic carbocycles. The van der Waals surface area contributed by atoms with Crippen molar-refractivity contribution in [3.8, 4) is 0 Å². The fourth-order valence-electron chi connectivity index (χ4n) is 3.51. The van der Waals surface area contributed by atoms with Crippen molar-refractivity contribution in [1.29, 1.82) is 0 Å². The summed E-state index contributed by atoms with van der Waals surface area (Å²) in [5.41, 5.74) is 0. The van der Waals surface area contributed by atoms with Crippen molar-refractivity contribution >= 4 is 0 Å².